The van der Waals surface area contributed by atoms with Crippen molar-refractivity contribution in [1.82, 2.24) is 14.5 Å². The zero-order valence-corrected chi connectivity index (χ0v) is 6.56. The molecule has 12 heavy (non-hydrogen) atoms. The fourth-order valence-electron chi connectivity index (χ4n) is 1.10. The minimum Gasteiger partial charge on any atom is -0.293 e. The van der Waals surface area contributed by atoms with Crippen LogP contribution in [-0.4, -0.2) is 14.5 Å². The molecule has 2 heterocycles. The average molecular weight is 161 g/mol. The van der Waals surface area contributed by atoms with Crippen LogP contribution in [0.5, 0.6) is 0 Å². The zero-order chi connectivity index (χ0) is 8.55. The molecule has 60 valence electrons. The van der Waals surface area contributed by atoms with E-state index in [4.69, 9.17) is 0 Å². The van der Waals surface area contributed by atoms with Crippen LogP contribution in [0.1, 0.15) is 0 Å². The first-order valence-electron chi connectivity index (χ1n) is 3.56. The van der Waals surface area contributed by atoms with E-state index in [-0.39, 0.29) is 5.69 Å². The van der Waals surface area contributed by atoms with Crippen LogP contribution >= 0.6 is 0 Å². The molecule has 0 fully saturated rings. The van der Waals surface area contributed by atoms with E-state index >= 15 is 0 Å². The van der Waals surface area contributed by atoms with Crippen molar-refractivity contribution < 1.29 is 0 Å². The third-order valence-electron chi connectivity index (χ3n) is 1.76. The topological polar surface area (TPSA) is 47.8 Å². The number of rotatable bonds is 0. The first-order chi connectivity index (χ1) is 5.79. The van der Waals surface area contributed by atoms with Crippen molar-refractivity contribution in [1.29, 1.82) is 0 Å². The summed E-state index contributed by atoms with van der Waals surface area (Å²) in [7, 11) is 1.68. The van der Waals surface area contributed by atoms with E-state index in [1.807, 2.05) is 6.07 Å². The molecule has 2 aromatic rings. The van der Waals surface area contributed by atoms with Gasteiger partial charge in [-0.2, -0.15) is 4.98 Å². The van der Waals surface area contributed by atoms with E-state index in [0.29, 0.717) is 0 Å². The average Bonchev–Trinajstić information content (AvgIpc) is 2.12. The molecule has 4 nitrogen and oxygen atoms in total. The highest BCUT2D eigenvalue weighted by Gasteiger charge is 1.97. The number of aromatic nitrogens is 3. The lowest BCUT2D eigenvalue weighted by Gasteiger charge is -2.00. The van der Waals surface area contributed by atoms with Crippen LogP contribution in [0.25, 0.3) is 11.0 Å². The Hall–Kier alpha value is -1.71. The summed E-state index contributed by atoms with van der Waals surface area (Å²) < 4.78 is 1.47. The maximum Gasteiger partial charge on any atom is 0.347 e. The molecule has 2 aromatic heterocycles. The third-order valence-corrected chi connectivity index (χ3v) is 1.76. The predicted octanol–water partition coefficient (Wildman–Crippen LogP) is 0.328. The Kier molecular flexibility index (Phi) is 1.40. The first-order valence-corrected chi connectivity index (χ1v) is 3.56. The van der Waals surface area contributed by atoms with Crippen LogP contribution in [-0.2, 0) is 7.05 Å². The smallest absolute Gasteiger partial charge is 0.293 e. The minimum absolute atomic E-state index is 0.254. The number of aryl methyl sites for hydroxylation is 1. The van der Waals surface area contributed by atoms with Gasteiger partial charge in [0.25, 0.3) is 0 Å². The van der Waals surface area contributed by atoms with E-state index in [2.05, 4.69) is 9.97 Å². The van der Waals surface area contributed by atoms with Gasteiger partial charge < -0.3 is 0 Å². The van der Waals surface area contributed by atoms with Crippen molar-refractivity contribution in [2.45, 2.75) is 0 Å². The van der Waals surface area contributed by atoms with Crippen LogP contribution in [0, 0.1) is 0 Å². The van der Waals surface area contributed by atoms with E-state index < -0.39 is 0 Å². The Morgan fingerprint density at radius 2 is 2.25 bits per heavy atom. The van der Waals surface area contributed by atoms with Gasteiger partial charge in [0.2, 0.25) is 0 Å². The molecule has 0 saturated heterocycles. The van der Waals surface area contributed by atoms with Crippen LogP contribution in [0.2, 0.25) is 0 Å². The summed E-state index contributed by atoms with van der Waals surface area (Å²) in [5, 5.41) is 0. The van der Waals surface area contributed by atoms with Gasteiger partial charge in [-0.1, -0.05) is 0 Å². The minimum atomic E-state index is -0.254. The molecule has 0 amide bonds. The second-order valence-electron chi connectivity index (χ2n) is 2.51. The Morgan fingerprint density at radius 1 is 1.42 bits per heavy atom. The molecule has 4 heteroatoms. The number of hydrogen-bond acceptors (Lipinski definition) is 3. The lowest BCUT2D eigenvalue weighted by Crippen LogP contribution is -2.19. The number of hydrogen-bond donors (Lipinski definition) is 0. The van der Waals surface area contributed by atoms with Crippen molar-refractivity contribution in [3.8, 4) is 0 Å². The van der Waals surface area contributed by atoms with Gasteiger partial charge in [0.15, 0.2) is 0 Å². The maximum absolute atomic E-state index is 11.1. The molecular formula is C8H7N3O. The van der Waals surface area contributed by atoms with E-state index in [1.54, 1.807) is 19.3 Å². The predicted molar refractivity (Wildman–Crippen MR) is 44.8 cm³/mol. The van der Waals surface area contributed by atoms with Crippen molar-refractivity contribution in [2.24, 2.45) is 7.05 Å². The standard InChI is InChI=1S/C8H7N3O/c1-11-7-3-2-4-9-6(7)5-10-8(11)12/h2-5H,1H3. The van der Waals surface area contributed by atoms with Crippen molar-refractivity contribution in [3.63, 3.8) is 0 Å². The Labute approximate surface area is 68.5 Å². The first kappa shape index (κ1) is 6.97. The van der Waals surface area contributed by atoms with Crippen LogP contribution in [0.3, 0.4) is 0 Å². The molecule has 0 N–H and O–H groups in total. The SMILES string of the molecule is Cn1c(=O)ncc2ncccc21. The van der Waals surface area contributed by atoms with E-state index in [9.17, 15) is 4.79 Å². The van der Waals surface area contributed by atoms with Gasteiger partial charge in [-0.05, 0) is 12.1 Å². The van der Waals surface area contributed by atoms with Crippen molar-refractivity contribution in [3.05, 3.63) is 35.0 Å². The molecule has 0 saturated carbocycles. The van der Waals surface area contributed by atoms with Gasteiger partial charge in [0.05, 0.1) is 11.7 Å². The summed E-state index contributed by atoms with van der Waals surface area (Å²) in [4.78, 5) is 18.8. The van der Waals surface area contributed by atoms with Gasteiger partial charge in [-0.3, -0.25) is 9.55 Å². The maximum atomic E-state index is 11.1. The third kappa shape index (κ3) is 0.887. The molecule has 0 unspecified atom stereocenters. The van der Waals surface area contributed by atoms with Crippen molar-refractivity contribution >= 4 is 11.0 Å². The summed E-state index contributed by atoms with van der Waals surface area (Å²) >= 11 is 0. The summed E-state index contributed by atoms with van der Waals surface area (Å²) in [6.45, 7) is 0. The van der Waals surface area contributed by atoms with Gasteiger partial charge >= 0.3 is 5.69 Å². The fraction of sp³-hybridized carbons (Fsp3) is 0.125. The number of fused-ring (bicyclic) bond motifs is 1. The van der Waals surface area contributed by atoms with Crippen LogP contribution in [0.15, 0.2) is 29.3 Å². The molecule has 0 radical (unpaired) electrons. The summed E-state index contributed by atoms with van der Waals surface area (Å²) in [5.41, 5.74) is 1.28. The zero-order valence-electron chi connectivity index (χ0n) is 6.56. The van der Waals surface area contributed by atoms with Gasteiger partial charge in [0.1, 0.15) is 5.52 Å². The molecule has 0 aromatic carbocycles. The van der Waals surface area contributed by atoms with Crippen LogP contribution < -0.4 is 5.69 Å². The van der Waals surface area contributed by atoms with Crippen LogP contribution in [0.4, 0.5) is 0 Å². The quantitative estimate of drug-likeness (QED) is 0.559. The molecule has 0 aliphatic heterocycles. The Balaban J connectivity index is 3.01. The second kappa shape index (κ2) is 2.41. The molecule has 0 aliphatic carbocycles. The monoisotopic (exact) mass is 161 g/mol. The second-order valence-corrected chi connectivity index (χ2v) is 2.51. The molecule has 0 atom stereocenters. The molecule has 0 bridgehead atoms. The summed E-state index contributed by atoms with van der Waals surface area (Å²) in [5.74, 6) is 0. The van der Waals surface area contributed by atoms with Gasteiger partial charge in [0, 0.05) is 13.2 Å². The molecule has 0 spiro atoms. The van der Waals surface area contributed by atoms with E-state index in [0.717, 1.165) is 11.0 Å². The fourth-order valence-corrected chi connectivity index (χ4v) is 1.10. The molecule has 2 rings (SSSR count). The number of pyridine rings is 1. The lowest BCUT2D eigenvalue weighted by molar-refractivity contribution is 0.849. The Morgan fingerprint density at radius 3 is 3.08 bits per heavy atom. The lowest BCUT2D eigenvalue weighted by atomic mass is 10.4. The van der Waals surface area contributed by atoms with E-state index in [1.165, 1.54) is 10.8 Å². The largest absolute Gasteiger partial charge is 0.347 e. The highest BCUT2D eigenvalue weighted by molar-refractivity contribution is 5.72. The Bertz CT molecular complexity index is 475. The molecular weight excluding hydrogens is 154 g/mol. The van der Waals surface area contributed by atoms with Gasteiger partial charge in [-0.15, -0.1) is 0 Å². The van der Waals surface area contributed by atoms with Gasteiger partial charge in [-0.25, -0.2) is 4.79 Å². The highest BCUT2D eigenvalue weighted by Crippen LogP contribution is 2.03. The summed E-state index contributed by atoms with van der Waals surface area (Å²) in [6.07, 6.45) is 3.16. The normalized spacial score (nSPS) is 10.4. The highest BCUT2D eigenvalue weighted by atomic mass is 16.1. The van der Waals surface area contributed by atoms with Crippen molar-refractivity contribution in [2.75, 3.05) is 0 Å². The number of nitrogens with zero attached hydrogens (tertiary/aromatic N) is 3. The summed E-state index contributed by atoms with van der Waals surface area (Å²) in [6, 6.07) is 3.63. The molecule has 0 aliphatic rings.